The second-order valence-corrected chi connectivity index (χ2v) is 42.9. The topological polar surface area (TPSA) is 16.3 Å². The van der Waals surface area contributed by atoms with Gasteiger partial charge in [0.25, 0.3) is 6.71 Å². The lowest BCUT2D eigenvalue weighted by molar-refractivity contribution is 0.569. The Balaban J connectivity index is 1.17. The van der Waals surface area contributed by atoms with Crippen molar-refractivity contribution in [2.45, 2.75) is 236 Å². The normalized spacial score (nSPS) is 15.7. The molecule has 0 fully saturated rings. The van der Waals surface area contributed by atoms with Gasteiger partial charge >= 0.3 is 0 Å². The number of fused-ring (bicyclic) bond motifs is 10. The van der Waals surface area contributed by atoms with Crippen molar-refractivity contribution < 1.29 is 21.9 Å². The molecule has 17 rings (SSSR count). The van der Waals surface area contributed by atoms with Crippen LogP contribution in [0.25, 0.3) is 99.5 Å². The summed E-state index contributed by atoms with van der Waals surface area (Å²) in [6.45, 7) is 59.8. The first-order chi connectivity index (χ1) is 62.3. The molecule has 4 nitrogen and oxygen atoms in total. The Morgan fingerprint density at radius 1 is 0.235 bits per heavy atom. The minimum atomic E-state index is -0.810. The lowest BCUT2D eigenvalue weighted by Crippen LogP contribution is -2.61. The van der Waals surface area contributed by atoms with Crippen molar-refractivity contribution in [2.75, 3.05) is 9.80 Å². The summed E-state index contributed by atoms with van der Waals surface area (Å²) in [5.74, 6) is 0. The molecule has 0 saturated heterocycles. The maximum absolute atomic E-state index is 10.1. The molecule has 15 aromatic rings. The lowest BCUT2D eigenvalue weighted by Gasteiger charge is -2.47. The highest BCUT2D eigenvalue weighted by Gasteiger charge is 2.47. The van der Waals surface area contributed by atoms with E-state index in [1.165, 1.54) is 0 Å². The second-order valence-electron chi connectivity index (χ2n) is 42.9. The molecule has 4 heterocycles. The van der Waals surface area contributed by atoms with Crippen molar-refractivity contribution in [2.24, 2.45) is 0 Å². The number of anilines is 6. The number of hydrogen-bond donors (Lipinski definition) is 0. The van der Waals surface area contributed by atoms with Crippen molar-refractivity contribution in [1.29, 1.82) is 0 Å². The van der Waals surface area contributed by atoms with Gasteiger partial charge in [0.05, 0.1) is 55.4 Å². The Hall–Kier alpha value is -10.9. The van der Waals surface area contributed by atoms with Crippen LogP contribution in [0.15, 0.2) is 254 Å². The van der Waals surface area contributed by atoms with Gasteiger partial charge in [-0.2, -0.15) is 0 Å². The van der Waals surface area contributed by atoms with E-state index in [1.54, 1.807) is 9.13 Å². The summed E-state index contributed by atoms with van der Waals surface area (Å²) in [7, 11) is 0. The monoisotopic (exact) mass is 1580 g/mol. The molecule has 2 aliphatic rings. The minimum Gasteiger partial charge on any atom is -0.310 e. The van der Waals surface area contributed by atoms with Gasteiger partial charge in [-0.15, -0.1) is 0 Å². The van der Waals surface area contributed by atoms with Crippen molar-refractivity contribution in [1.82, 2.24) is 9.13 Å². The molecule has 13 aromatic carbocycles. The molecule has 0 amide bonds. The first kappa shape index (κ1) is 63.2. The van der Waals surface area contributed by atoms with Crippen molar-refractivity contribution >= 4 is 101 Å². The van der Waals surface area contributed by atoms with E-state index in [0.717, 1.165) is 134 Å². The predicted octanol–water partition coefficient (Wildman–Crippen LogP) is 30.3. The molecule has 0 bridgehead atoms. The second kappa shape index (κ2) is 27.9. The van der Waals surface area contributed by atoms with Gasteiger partial charge in [-0.3, -0.25) is 0 Å². The summed E-state index contributed by atoms with van der Waals surface area (Å²) < 4.78 is 158. The summed E-state index contributed by atoms with van der Waals surface area (Å²) in [6.07, 6.45) is 0. The van der Waals surface area contributed by atoms with Crippen LogP contribution < -0.4 is 26.2 Å². The van der Waals surface area contributed by atoms with Crippen LogP contribution in [-0.2, 0) is 48.7 Å². The van der Waals surface area contributed by atoms with Crippen LogP contribution in [0.2, 0.25) is 0 Å². The number of benzene rings is 13. The van der Waals surface area contributed by atoms with Crippen LogP contribution in [0.1, 0.15) is 259 Å². The first-order valence-corrected chi connectivity index (χ1v) is 42.4. The van der Waals surface area contributed by atoms with Crippen LogP contribution in [0.4, 0.5) is 34.1 Å². The Morgan fingerprint density at radius 2 is 0.529 bits per heavy atom. The SMILES string of the molecule is [2H]c1c([2H])c([2H])c2c(c1[2H])c1c([2H])c([2H])c([2H])c([2H])c1n2-c1ccc2c(c1)N(c1c(-c3ccc(C(C)(C)C)cc3)cc(C(C)(C)C)cc1-c1cc(C(C)(C)C)cc(C(C)(C)C)c1)c1cc(C(C)(C)C)cc3c1B2c1ccc(-n2c4c([2H])c([2H])c([2H])c([2H])c4c4c([2H])c([2H])c([2H])c([2H])c42)cc1N3c1c(-c2ccc(C(C)(C)C)cc2)cc(C(C)(C)C)cc1-c1cc(C(C)(C)C)ccc1C(C)(C)C. The van der Waals surface area contributed by atoms with E-state index in [9.17, 15) is 21.9 Å². The Kier molecular flexibility index (Phi) is 14.8. The predicted molar refractivity (Wildman–Crippen MR) is 519 cm³/mol. The molecule has 0 unspecified atom stereocenters. The van der Waals surface area contributed by atoms with Gasteiger partial charge in [-0.25, -0.2) is 0 Å². The average Bonchev–Trinajstić information content (AvgIpc) is 1.47. The maximum atomic E-state index is 10.1. The molecule has 602 valence electrons. The van der Waals surface area contributed by atoms with Crippen LogP contribution in [0, 0.1) is 0 Å². The van der Waals surface area contributed by atoms with E-state index in [2.05, 4.69) is 330 Å². The van der Waals surface area contributed by atoms with Gasteiger partial charge in [0.2, 0.25) is 0 Å². The molecule has 0 radical (unpaired) electrons. The number of nitrogens with zero attached hydrogens (tertiary/aromatic N) is 4. The Bertz CT molecular complexity index is 7410. The van der Waals surface area contributed by atoms with Crippen molar-refractivity contribution in [3.63, 3.8) is 0 Å². The lowest BCUT2D eigenvalue weighted by atomic mass is 9.33. The standard InChI is InChI=1S/C114H123BN4/c1-106(2,3)73-48-44-70(45-49-73)87-62-78(111(16,17)18)64-89(72-58-76(109(10,11)12)60-77(59-72)110(13,14)15)104(87)118-99-68-81(116-95-40-32-28-36-83(95)84-37-29-33-41-96(84)116)53-56-93(99)115-94-57-54-82(117-97-42-34-30-38-85(97)86-39-31-35-43-98(86)117)69-100(94)119(102-67-80(113(22,23)24)66-101(118)103(102)115)105-88(71-46-50-74(51-47-71)107(4,5)6)63-79(112(19,20)21)65-91(105)90-61-75(108(7,8)9)52-55-92(90)114(25,26)27/h28-69H,1-27H3/i28D,29D,30D,31D,32D,33D,34D,35D,36D,37D,38D,39D,40D,41D,42D,43D. The molecule has 0 N–H and O–H groups in total. The summed E-state index contributed by atoms with van der Waals surface area (Å²) in [4.78, 5) is 4.88. The highest BCUT2D eigenvalue weighted by Crippen LogP contribution is 2.58. The fourth-order valence-corrected chi connectivity index (χ4v) is 17.8. The summed E-state index contributed by atoms with van der Waals surface area (Å²) >= 11 is 0. The van der Waals surface area contributed by atoms with Crippen molar-refractivity contribution in [3.8, 4) is 55.9 Å². The molecule has 0 atom stereocenters. The van der Waals surface area contributed by atoms with Gasteiger partial charge in [0, 0.05) is 77.9 Å². The summed E-state index contributed by atoms with van der Waals surface area (Å²) in [5, 5.41) is -0.268. The smallest absolute Gasteiger partial charge is 0.252 e. The number of rotatable bonds is 8. The zero-order valence-electron chi connectivity index (χ0n) is 90.9. The van der Waals surface area contributed by atoms with E-state index in [-0.39, 0.29) is 70.7 Å². The summed E-state index contributed by atoms with van der Waals surface area (Å²) in [6, 6.07) is 50.1. The number of hydrogen-bond acceptors (Lipinski definition) is 2. The molecule has 0 saturated carbocycles. The molecule has 5 heteroatoms. The largest absolute Gasteiger partial charge is 0.310 e. The molecular weight excluding hydrogens is 1440 g/mol. The minimum absolute atomic E-state index is 0.0440. The van der Waals surface area contributed by atoms with Crippen LogP contribution in [0.5, 0.6) is 0 Å². The molecule has 0 aliphatic carbocycles. The van der Waals surface area contributed by atoms with Gasteiger partial charge < -0.3 is 18.9 Å². The maximum Gasteiger partial charge on any atom is 0.252 e. The Labute approximate surface area is 734 Å². The third kappa shape index (κ3) is 14.1. The third-order valence-corrected chi connectivity index (χ3v) is 25.0. The first-order valence-electron chi connectivity index (χ1n) is 50.4. The number of para-hydroxylation sites is 4. The molecule has 2 aliphatic heterocycles. The fourth-order valence-electron chi connectivity index (χ4n) is 17.8. The van der Waals surface area contributed by atoms with Gasteiger partial charge in [0.15, 0.2) is 0 Å². The third-order valence-electron chi connectivity index (χ3n) is 25.0. The van der Waals surface area contributed by atoms with Gasteiger partial charge in [-0.1, -0.05) is 357 Å². The van der Waals surface area contributed by atoms with Crippen molar-refractivity contribution in [3.05, 3.63) is 304 Å². The van der Waals surface area contributed by atoms with E-state index in [0.29, 0.717) is 22.7 Å². The highest BCUT2D eigenvalue weighted by molar-refractivity contribution is 7.00. The molecule has 0 spiro atoms. The van der Waals surface area contributed by atoms with Crippen LogP contribution >= 0.6 is 0 Å². The van der Waals surface area contributed by atoms with Gasteiger partial charge in [-0.05, 0) is 222 Å². The average molecular weight is 1580 g/mol. The van der Waals surface area contributed by atoms with E-state index >= 15 is 0 Å². The fraction of sp³-hybridized carbons (Fsp3) is 0.316. The molecule has 2 aromatic heterocycles. The van der Waals surface area contributed by atoms with Crippen LogP contribution in [0.3, 0.4) is 0 Å². The van der Waals surface area contributed by atoms with E-state index < -0.39 is 125 Å². The van der Waals surface area contributed by atoms with Gasteiger partial charge in [0.1, 0.15) is 0 Å². The highest BCUT2D eigenvalue weighted by atomic mass is 15.2. The zero-order chi connectivity index (χ0) is 98.8. The number of aromatic nitrogens is 2. The summed E-state index contributed by atoms with van der Waals surface area (Å²) in [5.41, 5.74) is 20.5. The molecule has 119 heavy (non-hydrogen) atoms. The van der Waals surface area contributed by atoms with E-state index in [1.807, 2.05) is 24.3 Å². The van der Waals surface area contributed by atoms with Crippen LogP contribution in [-0.4, -0.2) is 15.8 Å². The Morgan fingerprint density at radius 3 is 0.874 bits per heavy atom. The quantitative estimate of drug-likeness (QED) is 0.141. The molecular formula is C114H123BN4. The van der Waals surface area contributed by atoms with E-state index in [4.69, 9.17) is 0 Å². The zero-order valence-corrected chi connectivity index (χ0v) is 74.9.